The van der Waals surface area contributed by atoms with Gasteiger partial charge < -0.3 is 4.74 Å². The number of sulfonamides is 1. The van der Waals surface area contributed by atoms with Gasteiger partial charge in [-0.2, -0.15) is 5.10 Å². The van der Waals surface area contributed by atoms with Crippen molar-refractivity contribution in [2.24, 2.45) is 5.92 Å². The molecule has 1 unspecified atom stereocenters. The SMILES string of the molecule is Cc1cc(C)n(CC(C)CNS(=O)(=O)c2ccc(OC(C)C)c(C)c2)n1. The molecule has 0 amide bonds. The Balaban J connectivity index is 2.01. The average molecular weight is 380 g/mol. The van der Waals surface area contributed by atoms with E-state index in [1.165, 1.54) is 0 Å². The number of hydrogen-bond donors (Lipinski definition) is 1. The predicted octanol–water partition coefficient (Wildman–Crippen LogP) is 3.21. The summed E-state index contributed by atoms with van der Waals surface area (Å²) < 4.78 is 35.4. The maximum Gasteiger partial charge on any atom is 0.240 e. The molecule has 0 radical (unpaired) electrons. The van der Waals surface area contributed by atoms with E-state index in [0.717, 1.165) is 17.0 Å². The molecule has 0 saturated carbocycles. The van der Waals surface area contributed by atoms with Gasteiger partial charge in [0.05, 0.1) is 16.7 Å². The molecule has 144 valence electrons. The van der Waals surface area contributed by atoms with Gasteiger partial charge in [-0.05, 0) is 70.4 Å². The lowest BCUT2D eigenvalue weighted by Gasteiger charge is -2.16. The molecular weight excluding hydrogens is 350 g/mol. The topological polar surface area (TPSA) is 73.2 Å². The first kappa shape index (κ1) is 20.5. The molecule has 1 aromatic heterocycles. The molecule has 26 heavy (non-hydrogen) atoms. The molecule has 1 N–H and O–H groups in total. The predicted molar refractivity (Wildman–Crippen MR) is 103 cm³/mol. The molecule has 1 heterocycles. The summed E-state index contributed by atoms with van der Waals surface area (Å²) in [5.74, 6) is 0.823. The first-order valence-electron chi connectivity index (χ1n) is 8.86. The lowest BCUT2D eigenvalue weighted by atomic mass is 10.2. The molecule has 0 aliphatic heterocycles. The van der Waals surface area contributed by atoms with Crippen LogP contribution in [0, 0.1) is 26.7 Å². The maximum absolute atomic E-state index is 12.6. The molecule has 0 aliphatic rings. The second-order valence-electron chi connectivity index (χ2n) is 7.16. The summed E-state index contributed by atoms with van der Waals surface area (Å²) in [5, 5.41) is 4.42. The maximum atomic E-state index is 12.6. The molecule has 1 atom stereocenters. The smallest absolute Gasteiger partial charge is 0.240 e. The summed E-state index contributed by atoms with van der Waals surface area (Å²) in [5.41, 5.74) is 2.85. The third-order valence-electron chi connectivity index (χ3n) is 4.03. The van der Waals surface area contributed by atoms with E-state index in [1.54, 1.807) is 18.2 Å². The minimum absolute atomic E-state index is 0.0459. The van der Waals surface area contributed by atoms with Crippen LogP contribution >= 0.6 is 0 Å². The molecule has 2 aromatic rings. The van der Waals surface area contributed by atoms with Gasteiger partial charge in [-0.15, -0.1) is 0 Å². The van der Waals surface area contributed by atoms with Crippen LogP contribution in [0.15, 0.2) is 29.2 Å². The second-order valence-corrected chi connectivity index (χ2v) is 8.93. The van der Waals surface area contributed by atoms with Gasteiger partial charge in [0.2, 0.25) is 10.0 Å². The largest absolute Gasteiger partial charge is 0.491 e. The third-order valence-corrected chi connectivity index (χ3v) is 5.45. The van der Waals surface area contributed by atoms with Crippen molar-refractivity contribution in [1.29, 1.82) is 0 Å². The Bertz CT molecular complexity index is 857. The molecule has 2 rings (SSSR count). The Morgan fingerprint density at radius 3 is 2.38 bits per heavy atom. The zero-order valence-electron chi connectivity index (χ0n) is 16.4. The van der Waals surface area contributed by atoms with Crippen molar-refractivity contribution >= 4 is 10.0 Å². The van der Waals surface area contributed by atoms with E-state index in [9.17, 15) is 8.42 Å². The van der Waals surface area contributed by atoms with Crippen LogP contribution in [-0.4, -0.2) is 30.8 Å². The van der Waals surface area contributed by atoms with Crippen LogP contribution in [0.5, 0.6) is 5.75 Å². The van der Waals surface area contributed by atoms with Gasteiger partial charge in [0.1, 0.15) is 5.75 Å². The van der Waals surface area contributed by atoms with Crippen molar-refractivity contribution in [3.63, 3.8) is 0 Å². The van der Waals surface area contributed by atoms with E-state index in [1.807, 2.05) is 52.3 Å². The Labute approximate surface area is 156 Å². The van der Waals surface area contributed by atoms with Crippen LogP contribution in [0.25, 0.3) is 0 Å². The van der Waals surface area contributed by atoms with E-state index < -0.39 is 10.0 Å². The minimum atomic E-state index is -3.56. The van der Waals surface area contributed by atoms with Gasteiger partial charge in [0, 0.05) is 18.8 Å². The average Bonchev–Trinajstić information content (AvgIpc) is 2.84. The van der Waals surface area contributed by atoms with Gasteiger partial charge in [-0.25, -0.2) is 13.1 Å². The van der Waals surface area contributed by atoms with E-state index >= 15 is 0 Å². The first-order chi connectivity index (χ1) is 12.1. The van der Waals surface area contributed by atoms with E-state index in [4.69, 9.17) is 4.74 Å². The monoisotopic (exact) mass is 379 g/mol. The zero-order valence-corrected chi connectivity index (χ0v) is 17.2. The number of nitrogens with zero attached hydrogens (tertiary/aromatic N) is 2. The first-order valence-corrected chi connectivity index (χ1v) is 10.3. The fourth-order valence-electron chi connectivity index (χ4n) is 2.73. The van der Waals surface area contributed by atoms with Crippen LogP contribution in [0.3, 0.4) is 0 Å². The highest BCUT2D eigenvalue weighted by molar-refractivity contribution is 7.89. The standard InChI is InChI=1S/C19H29N3O3S/c1-13(2)25-19-8-7-18(9-15(19)4)26(23,24)20-11-14(3)12-22-17(6)10-16(5)21-22/h7-10,13-14,20H,11-12H2,1-6H3. The molecule has 0 spiro atoms. The quantitative estimate of drug-likeness (QED) is 0.764. The Kier molecular flexibility index (Phi) is 6.47. The molecule has 6 nitrogen and oxygen atoms in total. The summed E-state index contributed by atoms with van der Waals surface area (Å²) >= 11 is 0. The van der Waals surface area contributed by atoms with Crippen LogP contribution in [0.1, 0.15) is 37.7 Å². The lowest BCUT2D eigenvalue weighted by molar-refractivity contribution is 0.240. The van der Waals surface area contributed by atoms with Gasteiger partial charge in [-0.1, -0.05) is 6.92 Å². The highest BCUT2D eigenvalue weighted by atomic mass is 32.2. The number of benzene rings is 1. The number of rotatable bonds is 8. The van der Waals surface area contributed by atoms with Gasteiger partial charge in [0.25, 0.3) is 0 Å². The van der Waals surface area contributed by atoms with Crippen molar-refractivity contribution in [3.05, 3.63) is 41.2 Å². The van der Waals surface area contributed by atoms with Crippen LogP contribution in [0.4, 0.5) is 0 Å². The molecular formula is C19H29N3O3S. The van der Waals surface area contributed by atoms with Crippen LogP contribution in [0.2, 0.25) is 0 Å². The Morgan fingerprint density at radius 1 is 1.15 bits per heavy atom. The van der Waals surface area contributed by atoms with Gasteiger partial charge >= 0.3 is 0 Å². The molecule has 0 fully saturated rings. The molecule has 0 aliphatic carbocycles. The Morgan fingerprint density at radius 2 is 1.85 bits per heavy atom. The molecule has 0 saturated heterocycles. The van der Waals surface area contributed by atoms with Crippen LogP contribution < -0.4 is 9.46 Å². The normalized spacial score (nSPS) is 13.2. The van der Waals surface area contributed by atoms with Gasteiger partial charge in [-0.3, -0.25) is 4.68 Å². The summed E-state index contributed by atoms with van der Waals surface area (Å²) in [6.07, 6.45) is 0.0459. The van der Waals surface area contributed by atoms with Crippen molar-refractivity contribution in [2.75, 3.05) is 6.54 Å². The molecule has 7 heteroatoms. The zero-order chi connectivity index (χ0) is 19.5. The summed E-state index contributed by atoms with van der Waals surface area (Å²) in [6.45, 7) is 12.7. The van der Waals surface area contributed by atoms with Crippen molar-refractivity contribution in [3.8, 4) is 5.75 Å². The number of ether oxygens (including phenoxy) is 1. The Hall–Kier alpha value is -1.86. The van der Waals surface area contributed by atoms with Crippen molar-refractivity contribution in [2.45, 2.75) is 59.1 Å². The van der Waals surface area contributed by atoms with Gasteiger partial charge in [0.15, 0.2) is 0 Å². The highest BCUT2D eigenvalue weighted by Crippen LogP contribution is 2.23. The summed E-state index contributed by atoms with van der Waals surface area (Å²) in [6, 6.07) is 6.95. The fourth-order valence-corrected chi connectivity index (χ4v) is 3.98. The summed E-state index contributed by atoms with van der Waals surface area (Å²) in [4.78, 5) is 0.254. The third kappa shape index (κ3) is 5.32. The van der Waals surface area contributed by atoms with Crippen LogP contribution in [-0.2, 0) is 16.6 Å². The number of hydrogen-bond acceptors (Lipinski definition) is 4. The van der Waals surface area contributed by atoms with Crippen molar-refractivity contribution < 1.29 is 13.2 Å². The summed E-state index contributed by atoms with van der Waals surface area (Å²) in [7, 11) is -3.56. The second kappa shape index (κ2) is 8.22. The fraction of sp³-hybridized carbons (Fsp3) is 0.526. The van der Waals surface area contributed by atoms with Crippen molar-refractivity contribution in [1.82, 2.24) is 14.5 Å². The molecule has 1 aromatic carbocycles. The van der Waals surface area contributed by atoms with E-state index in [-0.39, 0.29) is 16.9 Å². The number of nitrogens with one attached hydrogen (secondary N) is 1. The number of aromatic nitrogens is 2. The lowest BCUT2D eigenvalue weighted by Crippen LogP contribution is -2.30. The molecule has 0 bridgehead atoms. The highest BCUT2D eigenvalue weighted by Gasteiger charge is 2.17. The van der Waals surface area contributed by atoms with E-state index in [2.05, 4.69) is 9.82 Å². The number of aryl methyl sites for hydroxylation is 3. The van der Waals surface area contributed by atoms with E-state index in [0.29, 0.717) is 18.8 Å². The minimum Gasteiger partial charge on any atom is -0.491 e.